The summed E-state index contributed by atoms with van der Waals surface area (Å²) in [5.41, 5.74) is 5.46. The zero-order valence-corrected chi connectivity index (χ0v) is 7.27. The molecule has 3 aliphatic rings. The molecule has 2 amide bonds. The van der Waals surface area contributed by atoms with E-state index in [9.17, 15) is 9.59 Å². The van der Waals surface area contributed by atoms with Crippen molar-refractivity contribution in [3.8, 4) is 0 Å². The van der Waals surface area contributed by atoms with Gasteiger partial charge in [-0.25, -0.2) is 0 Å². The first-order chi connectivity index (χ1) is 6.25. The van der Waals surface area contributed by atoms with Crippen LogP contribution in [-0.2, 0) is 9.59 Å². The summed E-state index contributed by atoms with van der Waals surface area (Å²) in [6.45, 7) is 0.478. The second kappa shape index (κ2) is 2.12. The predicted molar refractivity (Wildman–Crippen MR) is 44.4 cm³/mol. The fourth-order valence-corrected chi connectivity index (χ4v) is 2.46. The van der Waals surface area contributed by atoms with E-state index in [0.717, 1.165) is 12.8 Å². The quantitative estimate of drug-likeness (QED) is 0.574. The Kier molecular flexibility index (Phi) is 1.22. The summed E-state index contributed by atoms with van der Waals surface area (Å²) in [5.74, 6) is 0.173. The van der Waals surface area contributed by atoms with E-state index in [1.165, 1.54) is 4.90 Å². The first-order valence-corrected chi connectivity index (χ1v) is 4.82. The molecular weight excluding hydrogens is 168 g/mol. The lowest BCUT2D eigenvalue weighted by atomic mass is 10.2. The lowest BCUT2D eigenvalue weighted by molar-refractivity contribution is -0.142. The van der Waals surface area contributed by atoms with Crippen molar-refractivity contribution in [1.82, 2.24) is 4.90 Å². The van der Waals surface area contributed by atoms with Crippen LogP contribution >= 0.6 is 0 Å². The first kappa shape index (κ1) is 7.50. The molecule has 3 rings (SSSR count). The minimum Gasteiger partial charge on any atom is -0.330 e. The maximum Gasteiger partial charge on any atom is 0.233 e. The molecule has 1 saturated heterocycles. The molecule has 3 fully saturated rings. The SMILES string of the molecule is NCC1C2C(=O)N(C3CC3)C(=O)C12. The number of hydrogen-bond acceptors (Lipinski definition) is 3. The van der Waals surface area contributed by atoms with Gasteiger partial charge in [-0.1, -0.05) is 0 Å². The molecule has 1 heterocycles. The van der Waals surface area contributed by atoms with Crippen LogP contribution in [0.1, 0.15) is 12.8 Å². The summed E-state index contributed by atoms with van der Waals surface area (Å²) in [5, 5.41) is 0. The van der Waals surface area contributed by atoms with Crippen LogP contribution in [0.3, 0.4) is 0 Å². The van der Waals surface area contributed by atoms with Gasteiger partial charge in [-0.2, -0.15) is 0 Å². The van der Waals surface area contributed by atoms with Gasteiger partial charge in [0.1, 0.15) is 0 Å². The fraction of sp³-hybridized carbons (Fsp3) is 0.778. The highest BCUT2D eigenvalue weighted by molar-refractivity contribution is 6.10. The number of carbonyl (C=O) groups is 2. The molecule has 2 N–H and O–H groups in total. The molecule has 70 valence electrons. The Morgan fingerprint density at radius 1 is 1.23 bits per heavy atom. The van der Waals surface area contributed by atoms with Gasteiger partial charge in [0.25, 0.3) is 0 Å². The maximum absolute atomic E-state index is 11.7. The van der Waals surface area contributed by atoms with Crippen molar-refractivity contribution in [2.45, 2.75) is 18.9 Å². The summed E-state index contributed by atoms with van der Waals surface area (Å²) in [7, 11) is 0. The van der Waals surface area contributed by atoms with E-state index in [2.05, 4.69) is 0 Å². The van der Waals surface area contributed by atoms with Gasteiger partial charge < -0.3 is 5.73 Å². The average Bonchev–Trinajstić information content (AvgIpc) is 2.98. The van der Waals surface area contributed by atoms with Crippen LogP contribution < -0.4 is 5.73 Å². The van der Waals surface area contributed by atoms with Crippen LogP contribution in [0.15, 0.2) is 0 Å². The number of carbonyl (C=O) groups excluding carboxylic acids is 2. The van der Waals surface area contributed by atoms with Crippen LogP contribution in [0.25, 0.3) is 0 Å². The fourth-order valence-electron chi connectivity index (χ4n) is 2.46. The largest absolute Gasteiger partial charge is 0.330 e. The maximum atomic E-state index is 11.7. The third kappa shape index (κ3) is 0.790. The number of piperidine rings is 1. The average molecular weight is 180 g/mol. The van der Waals surface area contributed by atoms with Gasteiger partial charge in [0.05, 0.1) is 11.8 Å². The summed E-state index contributed by atoms with van der Waals surface area (Å²) in [6.07, 6.45) is 2.01. The van der Waals surface area contributed by atoms with Gasteiger partial charge in [-0.15, -0.1) is 0 Å². The number of likely N-dealkylation sites (tertiary alicyclic amines) is 1. The normalized spacial score (nSPS) is 42.5. The third-order valence-electron chi connectivity index (χ3n) is 3.40. The van der Waals surface area contributed by atoms with Gasteiger partial charge in [-0.05, 0) is 25.3 Å². The molecule has 2 aliphatic carbocycles. The molecule has 0 bridgehead atoms. The van der Waals surface area contributed by atoms with Crippen molar-refractivity contribution in [2.24, 2.45) is 23.5 Å². The van der Waals surface area contributed by atoms with Crippen LogP contribution in [0.5, 0.6) is 0 Å². The van der Waals surface area contributed by atoms with Crippen LogP contribution in [-0.4, -0.2) is 29.3 Å². The number of imide groups is 1. The minimum absolute atomic E-state index is 0.0434. The molecule has 2 unspecified atom stereocenters. The Labute approximate surface area is 76.1 Å². The van der Waals surface area contributed by atoms with Gasteiger partial charge in [0.2, 0.25) is 11.8 Å². The second-order valence-corrected chi connectivity index (χ2v) is 4.23. The Balaban J connectivity index is 1.84. The summed E-state index contributed by atoms with van der Waals surface area (Å²) < 4.78 is 0. The third-order valence-corrected chi connectivity index (χ3v) is 3.40. The van der Waals surface area contributed by atoms with Crippen molar-refractivity contribution in [1.29, 1.82) is 0 Å². The highest BCUT2D eigenvalue weighted by Crippen LogP contribution is 2.54. The summed E-state index contributed by atoms with van der Waals surface area (Å²) in [4.78, 5) is 24.8. The Morgan fingerprint density at radius 2 is 1.77 bits per heavy atom. The lowest BCUT2D eigenvalue weighted by Gasteiger charge is -2.16. The number of fused-ring (bicyclic) bond motifs is 1. The minimum atomic E-state index is -0.0434. The van der Waals surface area contributed by atoms with E-state index in [1.54, 1.807) is 0 Å². The number of nitrogens with two attached hydrogens (primary N) is 1. The Bertz CT molecular complexity index is 276. The zero-order chi connectivity index (χ0) is 9.16. The molecule has 0 aromatic heterocycles. The molecule has 0 aromatic rings. The van der Waals surface area contributed by atoms with Crippen LogP contribution in [0.4, 0.5) is 0 Å². The smallest absolute Gasteiger partial charge is 0.233 e. The molecule has 0 aromatic carbocycles. The van der Waals surface area contributed by atoms with Crippen molar-refractivity contribution in [2.75, 3.05) is 6.54 Å². The van der Waals surface area contributed by atoms with E-state index < -0.39 is 0 Å². The van der Waals surface area contributed by atoms with Gasteiger partial charge in [0.15, 0.2) is 0 Å². The van der Waals surface area contributed by atoms with Gasteiger partial charge in [0, 0.05) is 6.04 Å². The molecule has 0 radical (unpaired) electrons. The van der Waals surface area contributed by atoms with E-state index in [4.69, 9.17) is 5.73 Å². The van der Waals surface area contributed by atoms with E-state index >= 15 is 0 Å². The van der Waals surface area contributed by atoms with Crippen molar-refractivity contribution in [3.05, 3.63) is 0 Å². The van der Waals surface area contributed by atoms with Gasteiger partial charge in [-0.3, -0.25) is 14.5 Å². The summed E-state index contributed by atoms with van der Waals surface area (Å²) >= 11 is 0. The predicted octanol–water partition coefficient (Wildman–Crippen LogP) is -0.662. The monoisotopic (exact) mass is 180 g/mol. The second-order valence-electron chi connectivity index (χ2n) is 4.23. The molecule has 13 heavy (non-hydrogen) atoms. The highest BCUT2D eigenvalue weighted by Gasteiger charge is 2.68. The van der Waals surface area contributed by atoms with Crippen molar-refractivity contribution < 1.29 is 9.59 Å². The molecule has 2 atom stereocenters. The topological polar surface area (TPSA) is 63.4 Å². The first-order valence-electron chi connectivity index (χ1n) is 4.82. The number of hydrogen-bond donors (Lipinski definition) is 1. The lowest BCUT2D eigenvalue weighted by Crippen LogP contribution is -2.37. The number of amides is 2. The molecule has 1 aliphatic heterocycles. The van der Waals surface area contributed by atoms with E-state index in [-0.39, 0.29) is 35.6 Å². The molecule has 4 heteroatoms. The van der Waals surface area contributed by atoms with Gasteiger partial charge >= 0.3 is 0 Å². The summed E-state index contributed by atoms with van der Waals surface area (Å²) in [6, 6.07) is 0.242. The highest BCUT2D eigenvalue weighted by atomic mass is 16.2. The van der Waals surface area contributed by atoms with E-state index in [0.29, 0.717) is 6.54 Å². The molecular formula is C9H12N2O2. The number of nitrogens with zero attached hydrogens (tertiary/aromatic N) is 1. The molecule has 4 nitrogen and oxygen atoms in total. The molecule has 2 saturated carbocycles. The van der Waals surface area contributed by atoms with Crippen LogP contribution in [0.2, 0.25) is 0 Å². The number of rotatable bonds is 2. The van der Waals surface area contributed by atoms with Crippen molar-refractivity contribution in [3.63, 3.8) is 0 Å². The van der Waals surface area contributed by atoms with Crippen LogP contribution in [0, 0.1) is 17.8 Å². The van der Waals surface area contributed by atoms with Crippen molar-refractivity contribution >= 4 is 11.8 Å². The zero-order valence-electron chi connectivity index (χ0n) is 7.27. The Morgan fingerprint density at radius 3 is 2.15 bits per heavy atom. The molecule has 0 spiro atoms. The standard InChI is InChI=1S/C9H12N2O2/c10-3-5-6-7(5)9(13)11(8(6)12)4-1-2-4/h4-7H,1-3,10H2. The Hall–Kier alpha value is -0.900. The van der Waals surface area contributed by atoms with E-state index in [1.807, 2.05) is 0 Å².